The zero-order chi connectivity index (χ0) is 44.2. The first-order valence-electron chi connectivity index (χ1n) is 20.7. The van der Waals surface area contributed by atoms with Gasteiger partial charge in [-0.1, -0.05) is 109 Å². The van der Waals surface area contributed by atoms with E-state index in [1.54, 1.807) is 66.9 Å². The standard InChI is InChI=1S/C47H53N7O8/c1-29(55)41(53-42(56)35(48)24-30-14-5-2-6-15-30)45(59)50-37(25-31-16-7-3-8-17-31)43(57)51-38(27-33-28-49-36-21-12-11-20-34(33)36)46(60)54-23-13-22-40(54)44(58)52-39(47(61)62)26-32-18-9-4-10-19-32/h2-12,14-21,28-29,35,37-41,49,55H,13,22-27,48H2,1H3,(H,50,59)(H,51,57)(H,52,58)(H,53,56)(H,61,62)/t29-,35+,37+,38+,39+,40+,41+/m1/s1. The van der Waals surface area contributed by atoms with Gasteiger partial charge in [-0.3, -0.25) is 24.0 Å². The summed E-state index contributed by atoms with van der Waals surface area (Å²) in [4.78, 5) is 87.0. The molecule has 15 heteroatoms. The molecule has 6 rings (SSSR count). The van der Waals surface area contributed by atoms with Gasteiger partial charge < -0.3 is 47.1 Å². The largest absolute Gasteiger partial charge is 0.480 e. The second kappa shape index (κ2) is 21.1. The Kier molecular flexibility index (Phi) is 15.2. The van der Waals surface area contributed by atoms with Gasteiger partial charge in [0.15, 0.2) is 0 Å². The van der Waals surface area contributed by atoms with Gasteiger partial charge >= 0.3 is 5.97 Å². The predicted octanol–water partition coefficient (Wildman–Crippen LogP) is 2.16. The molecule has 0 unspecified atom stereocenters. The molecule has 9 N–H and O–H groups in total. The highest BCUT2D eigenvalue weighted by Gasteiger charge is 2.40. The van der Waals surface area contributed by atoms with E-state index in [1.807, 2.05) is 54.6 Å². The number of H-pyrrole nitrogens is 1. The third-order valence-corrected chi connectivity index (χ3v) is 11.1. The van der Waals surface area contributed by atoms with Crippen molar-refractivity contribution in [3.63, 3.8) is 0 Å². The van der Waals surface area contributed by atoms with Crippen LogP contribution in [0, 0.1) is 0 Å². The second-order valence-corrected chi connectivity index (χ2v) is 15.7. The minimum Gasteiger partial charge on any atom is -0.480 e. The quantitative estimate of drug-likeness (QED) is 0.0608. The molecule has 1 aliphatic rings. The molecule has 1 aliphatic heterocycles. The second-order valence-electron chi connectivity index (χ2n) is 15.7. The van der Waals surface area contributed by atoms with Crippen LogP contribution in [0.4, 0.5) is 0 Å². The molecule has 0 aliphatic carbocycles. The maximum Gasteiger partial charge on any atom is 0.326 e. The van der Waals surface area contributed by atoms with Crippen molar-refractivity contribution >= 4 is 46.4 Å². The van der Waals surface area contributed by atoms with Crippen LogP contribution in [0.25, 0.3) is 10.9 Å². The van der Waals surface area contributed by atoms with E-state index in [4.69, 9.17) is 5.73 Å². The maximum absolute atomic E-state index is 14.7. The Morgan fingerprint density at radius 2 is 1.23 bits per heavy atom. The summed E-state index contributed by atoms with van der Waals surface area (Å²) in [5, 5.41) is 32.3. The number of aliphatic hydroxyl groups excluding tert-OH is 1. The van der Waals surface area contributed by atoms with Gasteiger partial charge in [0.25, 0.3) is 0 Å². The zero-order valence-corrected chi connectivity index (χ0v) is 34.4. The third-order valence-electron chi connectivity index (χ3n) is 11.1. The van der Waals surface area contributed by atoms with Crippen molar-refractivity contribution in [1.82, 2.24) is 31.2 Å². The number of aromatic nitrogens is 1. The van der Waals surface area contributed by atoms with Crippen molar-refractivity contribution in [3.8, 4) is 0 Å². The fourth-order valence-corrected chi connectivity index (χ4v) is 7.76. The highest BCUT2D eigenvalue weighted by atomic mass is 16.4. The number of nitrogens with two attached hydrogens (primary N) is 1. The summed E-state index contributed by atoms with van der Waals surface area (Å²) in [6.07, 6.45) is 1.30. The molecule has 1 fully saturated rings. The van der Waals surface area contributed by atoms with Gasteiger partial charge in [-0.25, -0.2) is 4.79 Å². The van der Waals surface area contributed by atoms with Crippen LogP contribution in [0.1, 0.15) is 42.0 Å². The fraction of sp³-hybridized carbons (Fsp3) is 0.319. The summed E-state index contributed by atoms with van der Waals surface area (Å²) in [5.74, 6) is -4.67. The van der Waals surface area contributed by atoms with Gasteiger partial charge in [-0.05, 0) is 54.5 Å². The highest BCUT2D eigenvalue weighted by Crippen LogP contribution is 2.24. The lowest BCUT2D eigenvalue weighted by atomic mass is 10.0. The number of likely N-dealkylation sites (tertiary alicyclic amines) is 1. The lowest BCUT2D eigenvalue weighted by Crippen LogP contribution is -2.61. The lowest BCUT2D eigenvalue weighted by molar-refractivity contribution is -0.145. The van der Waals surface area contributed by atoms with Crippen molar-refractivity contribution in [2.75, 3.05) is 6.54 Å². The van der Waals surface area contributed by atoms with Crippen molar-refractivity contribution in [2.24, 2.45) is 5.73 Å². The Morgan fingerprint density at radius 1 is 0.677 bits per heavy atom. The molecule has 62 heavy (non-hydrogen) atoms. The number of aromatic amines is 1. The number of fused-ring (bicyclic) bond motifs is 1. The first kappa shape index (κ1) is 44.7. The number of carboxylic acid groups (broad SMARTS) is 1. The summed E-state index contributed by atoms with van der Waals surface area (Å²) in [5.41, 5.74) is 9.90. The van der Waals surface area contributed by atoms with E-state index < -0.39 is 77.9 Å². The van der Waals surface area contributed by atoms with Crippen molar-refractivity contribution in [1.29, 1.82) is 0 Å². The molecule has 5 amide bonds. The molecular formula is C47H53N7O8. The molecule has 5 aromatic rings. The van der Waals surface area contributed by atoms with E-state index in [9.17, 15) is 39.0 Å². The smallest absolute Gasteiger partial charge is 0.326 e. The molecule has 0 saturated carbocycles. The SMILES string of the molecule is C[C@@H](O)[C@H](NC(=O)[C@@H](N)Cc1ccccc1)C(=O)N[C@@H](Cc1ccccc1)C(=O)N[C@@H](Cc1c[nH]c2ccccc12)C(=O)N1CCC[C@H]1C(=O)N[C@@H](Cc1ccccc1)C(=O)O. The minimum absolute atomic E-state index is 0.00282. The number of hydrogen-bond donors (Lipinski definition) is 8. The molecule has 7 atom stereocenters. The number of hydrogen-bond acceptors (Lipinski definition) is 8. The van der Waals surface area contributed by atoms with Crippen molar-refractivity contribution in [2.45, 2.75) is 87.8 Å². The third kappa shape index (κ3) is 11.7. The molecule has 0 radical (unpaired) electrons. The average Bonchev–Trinajstić information content (AvgIpc) is 3.93. The van der Waals surface area contributed by atoms with E-state index in [2.05, 4.69) is 26.3 Å². The van der Waals surface area contributed by atoms with E-state index in [1.165, 1.54) is 11.8 Å². The molecular weight excluding hydrogens is 791 g/mol. The molecule has 15 nitrogen and oxygen atoms in total. The minimum atomic E-state index is -1.49. The van der Waals surface area contributed by atoms with Crippen LogP contribution in [0.2, 0.25) is 0 Å². The van der Waals surface area contributed by atoms with Gasteiger partial charge in [-0.2, -0.15) is 0 Å². The normalized spacial score (nSPS) is 16.6. The van der Waals surface area contributed by atoms with Crippen LogP contribution in [0.3, 0.4) is 0 Å². The van der Waals surface area contributed by atoms with E-state index in [0.29, 0.717) is 23.1 Å². The van der Waals surface area contributed by atoms with Crippen LogP contribution >= 0.6 is 0 Å². The van der Waals surface area contributed by atoms with Gasteiger partial charge in [0.2, 0.25) is 29.5 Å². The Bertz CT molecular complexity index is 2320. The Labute approximate surface area is 359 Å². The molecule has 324 valence electrons. The lowest BCUT2D eigenvalue weighted by Gasteiger charge is -2.31. The van der Waals surface area contributed by atoms with Crippen molar-refractivity contribution < 1.29 is 39.0 Å². The number of aliphatic carboxylic acids is 1. The average molecular weight is 844 g/mol. The monoisotopic (exact) mass is 843 g/mol. The summed E-state index contributed by atoms with van der Waals surface area (Å²) < 4.78 is 0. The van der Waals surface area contributed by atoms with Crippen molar-refractivity contribution in [3.05, 3.63) is 144 Å². The zero-order valence-electron chi connectivity index (χ0n) is 34.4. The number of aliphatic hydroxyl groups is 1. The van der Waals surface area contributed by atoms with Crippen LogP contribution in [-0.4, -0.2) is 105 Å². The molecule has 0 spiro atoms. The van der Waals surface area contributed by atoms with Crippen LogP contribution in [0.5, 0.6) is 0 Å². The Morgan fingerprint density at radius 3 is 1.82 bits per heavy atom. The van der Waals surface area contributed by atoms with Gasteiger partial charge in [0, 0.05) is 42.9 Å². The number of benzene rings is 4. The first-order valence-corrected chi connectivity index (χ1v) is 20.7. The molecule has 1 aromatic heterocycles. The Balaban J connectivity index is 1.24. The number of para-hydroxylation sites is 1. The predicted molar refractivity (Wildman–Crippen MR) is 232 cm³/mol. The topological polar surface area (TPSA) is 236 Å². The summed E-state index contributed by atoms with van der Waals surface area (Å²) in [6.45, 7) is 1.51. The molecule has 4 aromatic carbocycles. The summed E-state index contributed by atoms with van der Waals surface area (Å²) >= 11 is 0. The first-order chi connectivity index (χ1) is 29.9. The van der Waals surface area contributed by atoms with Crippen LogP contribution in [0.15, 0.2) is 121 Å². The number of carbonyl (C=O) groups excluding carboxylic acids is 5. The summed E-state index contributed by atoms with van der Waals surface area (Å²) in [6, 6.07) is 27.0. The summed E-state index contributed by atoms with van der Waals surface area (Å²) in [7, 11) is 0. The molecule has 1 saturated heterocycles. The van der Waals surface area contributed by atoms with Gasteiger partial charge in [0.1, 0.15) is 30.2 Å². The van der Waals surface area contributed by atoms with Crippen LogP contribution < -0.4 is 27.0 Å². The van der Waals surface area contributed by atoms with E-state index in [0.717, 1.165) is 16.5 Å². The fourth-order valence-electron chi connectivity index (χ4n) is 7.76. The molecule has 0 bridgehead atoms. The highest BCUT2D eigenvalue weighted by molar-refractivity contribution is 5.97. The number of carbonyl (C=O) groups is 6. The maximum atomic E-state index is 14.7. The number of amides is 5. The number of nitrogens with zero attached hydrogens (tertiary/aromatic N) is 1. The number of nitrogens with one attached hydrogen (secondary N) is 5. The number of carboxylic acids is 1. The van der Waals surface area contributed by atoms with Crippen LogP contribution in [-0.2, 0) is 54.5 Å². The van der Waals surface area contributed by atoms with E-state index in [-0.39, 0.29) is 38.6 Å². The van der Waals surface area contributed by atoms with Gasteiger partial charge in [-0.15, -0.1) is 0 Å². The molecule has 2 heterocycles. The van der Waals surface area contributed by atoms with Gasteiger partial charge in [0.05, 0.1) is 12.1 Å². The number of rotatable bonds is 19. The Hall–Kier alpha value is -6.84. The van der Waals surface area contributed by atoms with E-state index >= 15 is 0 Å².